The third-order valence-electron chi connectivity index (χ3n) is 2.71. The predicted molar refractivity (Wildman–Crippen MR) is 74.5 cm³/mol. The Balaban J connectivity index is 3.00. The second kappa shape index (κ2) is 6.52. The van der Waals surface area contributed by atoms with Gasteiger partial charge in [-0.2, -0.15) is 0 Å². The van der Waals surface area contributed by atoms with Crippen LogP contribution in [0.5, 0.6) is 0 Å². The first-order valence-corrected chi connectivity index (χ1v) is 8.85. The van der Waals surface area contributed by atoms with Gasteiger partial charge in [0.05, 0.1) is 9.79 Å². The summed E-state index contributed by atoms with van der Waals surface area (Å²) in [6.07, 6.45) is -0.00296. The number of carboxylic acid groups (broad SMARTS) is 1. The Morgan fingerprint density at radius 2 is 1.81 bits per heavy atom. The molecule has 0 saturated carbocycles. The summed E-state index contributed by atoms with van der Waals surface area (Å²) >= 11 is 0. The molecule has 0 unspecified atom stereocenters. The fourth-order valence-electron chi connectivity index (χ4n) is 1.56. The lowest BCUT2D eigenvalue weighted by molar-refractivity contribution is -0.137. The van der Waals surface area contributed by atoms with Crippen molar-refractivity contribution < 1.29 is 26.7 Å². The summed E-state index contributed by atoms with van der Waals surface area (Å²) < 4.78 is 47.9. The molecule has 1 rings (SSSR count). The molecule has 0 aromatic heterocycles. The zero-order valence-electron chi connectivity index (χ0n) is 11.3. The van der Waals surface area contributed by atoms with E-state index in [9.17, 15) is 21.6 Å². The molecule has 0 bridgehead atoms. The highest BCUT2D eigenvalue weighted by Gasteiger charge is 2.22. The molecule has 0 radical (unpaired) electrons. The lowest BCUT2D eigenvalue weighted by Gasteiger charge is -2.17. The maximum atomic E-state index is 12.2. The van der Waals surface area contributed by atoms with E-state index in [1.807, 2.05) is 0 Å². The normalized spacial score (nSPS) is 12.5. The number of hydrogen-bond donors (Lipinski definition) is 2. The van der Waals surface area contributed by atoms with E-state index in [2.05, 4.69) is 0 Å². The SMILES string of the molecule is CN(CCCC(=O)O)S(=O)(=O)c1cccc(S(N)(=O)=O)c1. The van der Waals surface area contributed by atoms with Crippen molar-refractivity contribution in [2.24, 2.45) is 5.14 Å². The number of primary sulfonamides is 1. The van der Waals surface area contributed by atoms with Gasteiger partial charge in [0.1, 0.15) is 0 Å². The van der Waals surface area contributed by atoms with E-state index in [1.54, 1.807) is 0 Å². The van der Waals surface area contributed by atoms with Gasteiger partial charge < -0.3 is 5.11 Å². The van der Waals surface area contributed by atoms with Crippen molar-refractivity contribution in [1.82, 2.24) is 4.31 Å². The molecule has 0 aliphatic rings. The number of nitrogens with zero attached hydrogens (tertiary/aromatic N) is 1. The third-order valence-corrected chi connectivity index (χ3v) is 5.47. The van der Waals surface area contributed by atoms with Crippen molar-refractivity contribution in [2.45, 2.75) is 22.6 Å². The lowest BCUT2D eigenvalue weighted by Crippen LogP contribution is -2.28. The Kier molecular flexibility index (Phi) is 5.45. The summed E-state index contributed by atoms with van der Waals surface area (Å²) in [6, 6.07) is 4.69. The van der Waals surface area contributed by atoms with Gasteiger partial charge in [0.25, 0.3) is 0 Å². The number of hydrogen-bond acceptors (Lipinski definition) is 5. The van der Waals surface area contributed by atoms with Crippen LogP contribution in [-0.4, -0.2) is 45.8 Å². The van der Waals surface area contributed by atoms with Crippen molar-refractivity contribution in [3.05, 3.63) is 24.3 Å². The molecule has 0 atom stereocenters. The summed E-state index contributed by atoms with van der Waals surface area (Å²) in [4.78, 5) is 9.89. The number of nitrogens with two attached hydrogens (primary N) is 1. The first kappa shape index (κ1) is 17.6. The highest BCUT2D eigenvalue weighted by Crippen LogP contribution is 2.18. The van der Waals surface area contributed by atoms with Crippen molar-refractivity contribution in [1.29, 1.82) is 0 Å². The number of rotatable bonds is 7. The van der Waals surface area contributed by atoms with Crippen LogP contribution in [0.2, 0.25) is 0 Å². The van der Waals surface area contributed by atoms with E-state index in [0.29, 0.717) is 0 Å². The van der Waals surface area contributed by atoms with Gasteiger partial charge in [-0.05, 0) is 24.6 Å². The van der Waals surface area contributed by atoms with Gasteiger partial charge in [0.2, 0.25) is 20.0 Å². The molecule has 21 heavy (non-hydrogen) atoms. The van der Waals surface area contributed by atoms with Gasteiger partial charge in [-0.25, -0.2) is 26.3 Å². The van der Waals surface area contributed by atoms with Crippen LogP contribution in [-0.2, 0) is 24.8 Å². The minimum Gasteiger partial charge on any atom is -0.481 e. The zero-order chi connectivity index (χ0) is 16.3. The summed E-state index contributed by atoms with van der Waals surface area (Å²) in [7, 11) is -6.61. The smallest absolute Gasteiger partial charge is 0.303 e. The maximum absolute atomic E-state index is 12.2. The molecule has 0 heterocycles. The summed E-state index contributed by atoms with van der Waals surface area (Å²) in [6.45, 7) is 0.00817. The fourth-order valence-corrected chi connectivity index (χ4v) is 3.45. The second-order valence-corrected chi connectivity index (χ2v) is 7.95. The first-order chi connectivity index (χ1) is 9.55. The molecule has 0 aliphatic heterocycles. The average Bonchev–Trinajstić information content (AvgIpc) is 2.37. The molecule has 1 aromatic carbocycles. The van der Waals surface area contributed by atoms with Gasteiger partial charge in [0.15, 0.2) is 0 Å². The molecule has 3 N–H and O–H groups in total. The largest absolute Gasteiger partial charge is 0.481 e. The predicted octanol–water partition coefficient (Wildman–Crippen LogP) is -0.181. The Morgan fingerprint density at radius 1 is 1.24 bits per heavy atom. The first-order valence-electron chi connectivity index (χ1n) is 5.86. The van der Waals surface area contributed by atoms with Crippen LogP contribution in [0.1, 0.15) is 12.8 Å². The molecule has 0 aliphatic carbocycles. The average molecular weight is 336 g/mol. The van der Waals surface area contributed by atoms with Gasteiger partial charge >= 0.3 is 5.97 Å². The zero-order valence-corrected chi connectivity index (χ0v) is 12.9. The highest BCUT2D eigenvalue weighted by atomic mass is 32.2. The van der Waals surface area contributed by atoms with Crippen LogP contribution in [0.15, 0.2) is 34.1 Å². The Hall–Kier alpha value is -1.49. The Labute approximate surface area is 123 Å². The van der Waals surface area contributed by atoms with E-state index in [4.69, 9.17) is 10.2 Å². The molecule has 118 valence electrons. The van der Waals surface area contributed by atoms with Crippen LogP contribution in [0.4, 0.5) is 0 Å². The maximum Gasteiger partial charge on any atom is 0.303 e. The van der Waals surface area contributed by atoms with E-state index in [1.165, 1.54) is 25.2 Å². The van der Waals surface area contributed by atoms with Crippen LogP contribution < -0.4 is 5.14 Å². The number of sulfonamides is 2. The van der Waals surface area contributed by atoms with Crippen LogP contribution in [0.3, 0.4) is 0 Å². The molecular weight excluding hydrogens is 320 g/mol. The molecule has 10 heteroatoms. The van der Waals surface area contributed by atoms with Crippen molar-refractivity contribution in [3.63, 3.8) is 0 Å². The van der Waals surface area contributed by atoms with Gasteiger partial charge in [0, 0.05) is 20.0 Å². The van der Waals surface area contributed by atoms with Crippen molar-refractivity contribution in [2.75, 3.05) is 13.6 Å². The molecule has 8 nitrogen and oxygen atoms in total. The van der Waals surface area contributed by atoms with Crippen molar-refractivity contribution >= 4 is 26.0 Å². The van der Waals surface area contributed by atoms with Crippen molar-refractivity contribution in [3.8, 4) is 0 Å². The highest BCUT2D eigenvalue weighted by molar-refractivity contribution is 7.90. The minimum atomic E-state index is -4.00. The molecule has 0 spiro atoms. The fraction of sp³-hybridized carbons (Fsp3) is 0.364. The summed E-state index contributed by atoms with van der Waals surface area (Å²) in [5, 5.41) is 13.5. The number of carbonyl (C=O) groups is 1. The topological polar surface area (TPSA) is 135 Å². The Morgan fingerprint density at radius 3 is 2.33 bits per heavy atom. The number of aliphatic carboxylic acids is 1. The van der Waals surface area contributed by atoms with E-state index >= 15 is 0 Å². The van der Waals surface area contributed by atoms with E-state index in [-0.39, 0.29) is 29.2 Å². The van der Waals surface area contributed by atoms with Gasteiger partial charge in [-0.1, -0.05) is 6.07 Å². The number of carboxylic acids is 1. The molecule has 0 fully saturated rings. The molecule has 0 amide bonds. The van der Waals surface area contributed by atoms with E-state index < -0.39 is 26.0 Å². The molecular formula is C11H16N2O6S2. The lowest BCUT2D eigenvalue weighted by atomic mass is 10.3. The van der Waals surface area contributed by atoms with Gasteiger partial charge in [-0.3, -0.25) is 4.79 Å². The van der Waals surface area contributed by atoms with E-state index in [0.717, 1.165) is 10.4 Å². The quantitative estimate of drug-likeness (QED) is 0.709. The Bertz CT molecular complexity index is 727. The van der Waals surface area contributed by atoms with Crippen LogP contribution >= 0.6 is 0 Å². The van der Waals surface area contributed by atoms with Gasteiger partial charge in [-0.15, -0.1) is 0 Å². The third kappa shape index (κ3) is 4.77. The second-order valence-electron chi connectivity index (χ2n) is 4.34. The monoisotopic (exact) mass is 336 g/mol. The molecule has 1 aromatic rings. The standard InChI is InChI=1S/C11H16N2O6S2/c1-13(7-3-6-11(14)15)21(18,19)10-5-2-4-9(8-10)20(12,16)17/h2,4-5,8H,3,6-7H2,1H3,(H,14,15)(H2,12,16,17). The summed E-state index contributed by atoms with van der Waals surface area (Å²) in [5.74, 6) is -1.02. The van der Waals surface area contributed by atoms with Crippen LogP contribution in [0.25, 0.3) is 0 Å². The molecule has 0 saturated heterocycles. The summed E-state index contributed by atoms with van der Waals surface area (Å²) in [5.41, 5.74) is 0. The van der Waals surface area contributed by atoms with Crippen LogP contribution in [0, 0.1) is 0 Å². The minimum absolute atomic E-state index is 0.00817. The number of benzene rings is 1.